The van der Waals surface area contributed by atoms with Crippen molar-refractivity contribution in [1.82, 2.24) is 20.1 Å². The van der Waals surface area contributed by atoms with E-state index in [2.05, 4.69) is 10.3 Å². The van der Waals surface area contributed by atoms with E-state index in [1.165, 1.54) is 28.4 Å². The minimum absolute atomic E-state index is 0.138. The zero-order chi connectivity index (χ0) is 19.7. The number of piperazine rings is 1. The molecule has 0 unspecified atom stereocenters. The number of hydrogen-bond acceptors (Lipinski definition) is 5. The quantitative estimate of drug-likeness (QED) is 0.789. The van der Waals surface area contributed by atoms with Crippen LogP contribution >= 0.6 is 11.3 Å². The largest absolute Gasteiger partial charge is 0.345 e. The van der Waals surface area contributed by atoms with Gasteiger partial charge in [-0.05, 0) is 37.1 Å². The van der Waals surface area contributed by atoms with E-state index in [0.29, 0.717) is 36.9 Å². The number of rotatable bonds is 3. The molecule has 146 valence electrons. The number of halogens is 1. The second-order valence-electron chi connectivity index (χ2n) is 6.88. The summed E-state index contributed by atoms with van der Waals surface area (Å²) >= 11 is 1.32. The molecular weight excluding hydrogens is 383 g/mol. The van der Waals surface area contributed by atoms with Crippen LogP contribution in [0, 0.1) is 5.82 Å². The predicted octanol–water partition coefficient (Wildman–Crippen LogP) is 1.51. The summed E-state index contributed by atoms with van der Waals surface area (Å²) in [6.45, 7) is 1.34. The minimum Gasteiger partial charge on any atom is -0.345 e. The molecule has 1 aliphatic heterocycles. The average Bonchev–Trinajstić information content (AvgIpc) is 3.39. The van der Waals surface area contributed by atoms with Crippen molar-refractivity contribution in [2.24, 2.45) is 0 Å². The van der Waals surface area contributed by atoms with Gasteiger partial charge in [-0.25, -0.2) is 9.37 Å². The normalized spacial score (nSPS) is 16.8. The first-order valence-corrected chi connectivity index (χ1v) is 10.00. The van der Waals surface area contributed by atoms with Crippen molar-refractivity contribution >= 4 is 29.1 Å². The lowest BCUT2D eigenvalue weighted by atomic mass is 10.2. The van der Waals surface area contributed by atoms with E-state index in [4.69, 9.17) is 0 Å². The number of thiazole rings is 1. The molecule has 0 atom stereocenters. The van der Waals surface area contributed by atoms with Gasteiger partial charge in [0.15, 0.2) is 0 Å². The van der Waals surface area contributed by atoms with Gasteiger partial charge in [0.05, 0.1) is 0 Å². The lowest BCUT2D eigenvalue weighted by Crippen LogP contribution is -2.54. The van der Waals surface area contributed by atoms with Crippen molar-refractivity contribution < 1.29 is 18.8 Å². The van der Waals surface area contributed by atoms with Crippen LogP contribution in [0.5, 0.6) is 0 Å². The van der Waals surface area contributed by atoms with Crippen molar-refractivity contribution in [1.29, 1.82) is 0 Å². The smallest absolute Gasteiger partial charge is 0.312 e. The molecule has 1 saturated heterocycles. The molecule has 9 heteroatoms. The number of amides is 3. The van der Waals surface area contributed by atoms with Gasteiger partial charge in [-0.15, -0.1) is 11.3 Å². The zero-order valence-corrected chi connectivity index (χ0v) is 15.9. The van der Waals surface area contributed by atoms with E-state index in [9.17, 15) is 18.8 Å². The van der Waals surface area contributed by atoms with Crippen molar-refractivity contribution in [2.75, 3.05) is 26.2 Å². The maximum absolute atomic E-state index is 13.1. The lowest BCUT2D eigenvalue weighted by Gasteiger charge is -2.34. The highest BCUT2D eigenvalue weighted by molar-refractivity contribution is 7.13. The Morgan fingerprint density at radius 1 is 1.04 bits per heavy atom. The van der Waals surface area contributed by atoms with Gasteiger partial charge in [0.2, 0.25) is 0 Å². The third kappa shape index (κ3) is 4.04. The summed E-state index contributed by atoms with van der Waals surface area (Å²) in [5.41, 5.74) is 1.08. The van der Waals surface area contributed by atoms with Gasteiger partial charge in [-0.3, -0.25) is 14.4 Å². The van der Waals surface area contributed by atoms with Gasteiger partial charge in [-0.1, -0.05) is 0 Å². The number of benzene rings is 1. The molecule has 0 bridgehead atoms. The van der Waals surface area contributed by atoms with Gasteiger partial charge >= 0.3 is 11.8 Å². The van der Waals surface area contributed by atoms with E-state index in [-0.39, 0.29) is 17.8 Å². The van der Waals surface area contributed by atoms with Crippen LogP contribution < -0.4 is 5.32 Å². The highest BCUT2D eigenvalue weighted by Crippen LogP contribution is 2.24. The maximum atomic E-state index is 13.1. The van der Waals surface area contributed by atoms with Gasteiger partial charge in [0.1, 0.15) is 16.5 Å². The summed E-state index contributed by atoms with van der Waals surface area (Å²) in [6, 6.07) is 6.10. The lowest BCUT2D eigenvalue weighted by molar-refractivity contribution is -0.146. The number of nitrogens with zero attached hydrogens (tertiary/aromatic N) is 3. The van der Waals surface area contributed by atoms with Crippen molar-refractivity contribution in [3.8, 4) is 10.6 Å². The Hall–Kier alpha value is -2.81. The SMILES string of the molecule is O=C(NC1CC1)C(=O)N1CCN(C(=O)c2csc(-c3ccc(F)cc3)n2)CC1. The molecule has 1 N–H and O–H groups in total. The Labute approximate surface area is 165 Å². The highest BCUT2D eigenvalue weighted by atomic mass is 32.1. The number of nitrogens with one attached hydrogen (secondary N) is 1. The molecule has 28 heavy (non-hydrogen) atoms. The zero-order valence-electron chi connectivity index (χ0n) is 15.1. The fraction of sp³-hybridized carbons (Fsp3) is 0.368. The van der Waals surface area contributed by atoms with Gasteiger partial charge in [0.25, 0.3) is 5.91 Å². The second-order valence-corrected chi connectivity index (χ2v) is 7.74. The average molecular weight is 402 g/mol. The Morgan fingerprint density at radius 3 is 2.32 bits per heavy atom. The summed E-state index contributed by atoms with van der Waals surface area (Å²) in [4.78, 5) is 44.2. The molecule has 2 aromatic rings. The van der Waals surface area contributed by atoms with Crippen LogP contribution in [0.25, 0.3) is 10.6 Å². The van der Waals surface area contributed by atoms with Gasteiger partial charge < -0.3 is 15.1 Å². The minimum atomic E-state index is -0.564. The summed E-state index contributed by atoms with van der Waals surface area (Å²) in [6.07, 6.45) is 1.85. The third-order valence-electron chi connectivity index (χ3n) is 4.78. The summed E-state index contributed by atoms with van der Waals surface area (Å²) in [5, 5.41) is 5.02. The Bertz CT molecular complexity index is 902. The molecule has 2 fully saturated rings. The number of hydrogen-bond donors (Lipinski definition) is 1. The number of aromatic nitrogens is 1. The number of carbonyl (C=O) groups excluding carboxylic acids is 3. The van der Waals surface area contributed by atoms with E-state index >= 15 is 0 Å². The van der Waals surface area contributed by atoms with Crippen LogP contribution in [0.2, 0.25) is 0 Å². The molecule has 3 amide bonds. The molecule has 1 saturated carbocycles. The van der Waals surface area contributed by atoms with Crippen molar-refractivity contribution in [3.63, 3.8) is 0 Å². The van der Waals surface area contributed by atoms with Crippen molar-refractivity contribution in [2.45, 2.75) is 18.9 Å². The Balaban J connectivity index is 1.34. The summed E-state index contributed by atoms with van der Waals surface area (Å²) in [5.74, 6) is -1.63. The van der Waals surface area contributed by atoms with Crippen LogP contribution in [-0.2, 0) is 9.59 Å². The van der Waals surface area contributed by atoms with E-state index < -0.39 is 11.8 Å². The van der Waals surface area contributed by atoms with Crippen molar-refractivity contribution in [3.05, 3.63) is 41.2 Å². The molecule has 1 aromatic heterocycles. The molecule has 0 spiro atoms. The van der Waals surface area contributed by atoms with Crippen LogP contribution in [0.15, 0.2) is 29.6 Å². The van der Waals surface area contributed by atoms with Crippen LogP contribution in [-0.4, -0.2) is 64.7 Å². The second kappa shape index (κ2) is 7.67. The first kappa shape index (κ1) is 18.5. The standard InChI is InChI=1S/C19H19FN4O3S/c20-13-3-1-12(2-4-13)17-22-15(11-28-17)18(26)23-7-9-24(10-8-23)19(27)16(25)21-14-5-6-14/h1-4,11,14H,5-10H2,(H,21,25). The molecular formula is C19H19FN4O3S. The van der Waals surface area contributed by atoms with E-state index in [0.717, 1.165) is 18.4 Å². The maximum Gasteiger partial charge on any atom is 0.312 e. The van der Waals surface area contributed by atoms with Gasteiger partial charge in [-0.2, -0.15) is 0 Å². The third-order valence-corrected chi connectivity index (χ3v) is 5.67. The van der Waals surface area contributed by atoms with E-state index in [1.807, 2.05) is 0 Å². The number of carbonyl (C=O) groups is 3. The van der Waals surface area contributed by atoms with Gasteiger partial charge in [0, 0.05) is 43.2 Å². The molecule has 1 aliphatic carbocycles. The monoisotopic (exact) mass is 402 g/mol. The van der Waals surface area contributed by atoms with Crippen LogP contribution in [0.1, 0.15) is 23.3 Å². The Kier molecular flexibility index (Phi) is 5.08. The molecule has 4 rings (SSSR count). The first-order chi connectivity index (χ1) is 13.5. The molecule has 0 radical (unpaired) electrons. The van der Waals surface area contributed by atoms with Crippen LogP contribution in [0.3, 0.4) is 0 Å². The fourth-order valence-corrected chi connectivity index (χ4v) is 3.79. The summed E-state index contributed by atoms with van der Waals surface area (Å²) < 4.78 is 13.1. The molecule has 1 aromatic carbocycles. The molecule has 2 aliphatic rings. The Morgan fingerprint density at radius 2 is 1.68 bits per heavy atom. The summed E-state index contributed by atoms with van der Waals surface area (Å²) in [7, 11) is 0. The topological polar surface area (TPSA) is 82.6 Å². The molecule has 2 heterocycles. The molecule has 7 nitrogen and oxygen atoms in total. The van der Waals surface area contributed by atoms with Crippen LogP contribution in [0.4, 0.5) is 4.39 Å². The predicted molar refractivity (Wildman–Crippen MR) is 101 cm³/mol. The first-order valence-electron chi connectivity index (χ1n) is 9.12. The van der Waals surface area contributed by atoms with E-state index in [1.54, 1.807) is 22.4 Å². The fourth-order valence-electron chi connectivity index (χ4n) is 2.99. The highest BCUT2D eigenvalue weighted by Gasteiger charge is 2.32.